The molecule has 7 nitrogen and oxygen atoms in total. The van der Waals surface area contributed by atoms with Gasteiger partial charge in [0.1, 0.15) is 5.75 Å². The van der Waals surface area contributed by atoms with Gasteiger partial charge in [0, 0.05) is 12.5 Å². The number of fused-ring (bicyclic) bond motifs is 4. The van der Waals surface area contributed by atoms with E-state index in [9.17, 15) is 24.3 Å². The highest BCUT2D eigenvalue weighted by Gasteiger charge is 2.67. The number of hydrogen-bond donors (Lipinski definition) is 1. The summed E-state index contributed by atoms with van der Waals surface area (Å²) in [4.78, 5) is 57.6. The zero-order valence-corrected chi connectivity index (χ0v) is 21.0. The SMILES string of the molecule is CCCN1C(=O)[C@H]2[C@H](CC=C3[C@H]2C[C@H]2C(=O)N(c4ccccc4)C(=O)[C@@]2(C)[C@H]3c2cccc(O)c2)C1=O. The van der Waals surface area contributed by atoms with Gasteiger partial charge in [-0.15, -0.1) is 0 Å². The summed E-state index contributed by atoms with van der Waals surface area (Å²) in [6, 6.07) is 15.8. The van der Waals surface area contributed by atoms with Gasteiger partial charge in [0.05, 0.1) is 28.9 Å². The van der Waals surface area contributed by atoms with Gasteiger partial charge in [0.2, 0.25) is 23.6 Å². The number of amides is 4. The first-order valence-corrected chi connectivity index (χ1v) is 13.1. The van der Waals surface area contributed by atoms with Gasteiger partial charge in [0.15, 0.2) is 0 Å². The van der Waals surface area contributed by atoms with Gasteiger partial charge in [0.25, 0.3) is 0 Å². The first kappa shape index (κ1) is 23.6. The largest absolute Gasteiger partial charge is 0.508 e. The number of phenolic OH excluding ortho intramolecular Hbond substituents is 1. The molecule has 1 N–H and O–H groups in total. The summed E-state index contributed by atoms with van der Waals surface area (Å²) in [5.41, 5.74) is 1.10. The molecule has 2 aliphatic carbocycles. The second kappa shape index (κ2) is 8.40. The van der Waals surface area contributed by atoms with Crippen molar-refractivity contribution in [1.29, 1.82) is 0 Å². The van der Waals surface area contributed by atoms with Crippen molar-refractivity contribution in [1.82, 2.24) is 4.90 Å². The van der Waals surface area contributed by atoms with Crippen LogP contribution in [-0.4, -0.2) is 40.2 Å². The molecule has 37 heavy (non-hydrogen) atoms. The van der Waals surface area contributed by atoms with Crippen LogP contribution in [0.4, 0.5) is 5.69 Å². The zero-order valence-electron chi connectivity index (χ0n) is 21.0. The number of phenols is 1. The van der Waals surface area contributed by atoms with Crippen molar-refractivity contribution < 1.29 is 24.3 Å². The first-order chi connectivity index (χ1) is 17.8. The monoisotopic (exact) mass is 498 g/mol. The van der Waals surface area contributed by atoms with Crippen LogP contribution in [0.3, 0.4) is 0 Å². The van der Waals surface area contributed by atoms with Crippen LogP contribution < -0.4 is 4.90 Å². The Morgan fingerprint density at radius 2 is 1.70 bits per heavy atom. The lowest BCUT2D eigenvalue weighted by molar-refractivity contribution is -0.140. The number of para-hydroxylation sites is 1. The molecular weight excluding hydrogens is 468 g/mol. The molecule has 4 amide bonds. The Bertz CT molecular complexity index is 1350. The Morgan fingerprint density at radius 3 is 2.41 bits per heavy atom. The summed E-state index contributed by atoms with van der Waals surface area (Å²) in [7, 11) is 0. The van der Waals surface area contributed by atoms with E-state index in [1.54, 1.807) is 42.5 Å². The Kier molecular flexibility index (Phi) is 5.37. The van der Waals surface area contributed by atoms with E-state index < -0.39 is 29.1 Å². The van der Waals surface area contributed by atoms with Gasteiger partial charge in [-0.2, -0.15) is 0 Å². The van der Waals surface area contributed by atoms with Gasteiger partial charge in [-0.1, -0.05) is 48.9 Å². The van der Waals surface area contributed by atoms with Crippen molar-refractivity contribution in [2.24, 2.45) is 29.1 Å². The fraction of sp³-hybridized carbons (Fsp3) is 0.400. The second-order valence-corrected chi connectivity index (χ2v) is 10.9. The Hall–Kier alpha value is -3.74. The number of anilines is 1. The number of allylic oxidation sites excluding steroid dienone is 2. The Labute approximate surface area is 215 Å². The third kappa shape index (κ3) is 3.19. The molecule has 0 bridgehead atoms. The number of rotatable bonds is 4. The highest BCUT2D eigenvalue weighted by Crippen LogP contribution is 2.63. The molecule has 2 aliphatic heterocycles. The van der Waals surface area contributed by atoms with E-state index in [0.29, 0.717) is 31.5 Å². The van der Waals surface area contributed by atoms with Crippen LogP contribution in [0.1, 0.15) is 44.6 Å². The van der Waals surface area contributed by atoms with Crippen LogP contribution >= 0.6 is 0 Å². The van der Waals surface area contributed by atoms with Gasteiger partial charge in [-0.05, 0) is 61.9 Å². The van der Waals surface area contributed by atoms with E-state index >= 15 is 0 Å². The number of imide groups is 2. The molecule has 0 spiro atoms. The van der Waals surface area contributed by atoms with E-state index in [2.05, 4.69) is 0 Å². The fourth-order valence-electron chi connectivity index (χ4n) is 7.43. The molecule has 2 heterocycles. The van der Waals surface area contributed by atoms with Crippen LogP contribution in [0.25, 0.3) is 0 Å². The van der Waals surface area contributed by atoms with Gasteiger partial charge in [-0.25, -0.2) is 4.90 Å². The van der Waals surface area contributed by atoms with Crippen molar-refractivity contribution >= 4 is 29.3 Å². The number of aromatic hydroxyl groups is 1. The smallest absolute Gasteiger partial charge is 0.241 e. The lowest BCUT2D eigenvalue weighted by atomic mass is 9.51. The maximum atomic E-state index is 14.2. The summed E-state index contributed by atoms with van der Waals surface area (Å²) >= 11 is 0. The molecule has 0 unspecified atom stereocenters. The molecule has 6 atom stereocenters. The van der Waals surface area contributed by atoms with Crippen LogP contribution in [0.15, 0.2) is 66.2 Å². The van der Waals surface area contributed by atoms with E-state index in [1.807, 2.05) is 32.1 Å². The standard InChI is InChI=1S/C30H30N2O5/c1-3-14-31-26(34)21-13-12-20-22(24(21)28(31)36)16-23-27(35)32(18-9-5-4-6-10-18)29(37)30(23,2)25(20)17-8-7-11-19(33)15-17/h4-12,15,21-25,33H,3,13-14,16H2,1-2H3/t21-,22+,23-,24-,25-,30+/m0/s1. The van der Waals surface area contributed by atoms with Crippen molar-refractivity contribution in [3.8, 4) is 5.75 Å². The fourth-order valence-corrected chi connectivity index (χ4v) is 7.43. The average Bonchev–Trinajstić information content (AvgIpc) is 3.24. The molecule has 4 aliphatic rings. The van der Waals surface area contributed by atoms with E-state index in [1.165, 1.54) is 9.80 Å². The molecule has 0 aromatic heterocycles. The molecule has 190 valence electrons. The quantitative estimate of drug-likeness (QED) is 0.507. The number of carbonyl (C=O) groups excluding carboxylic acids is 4. The van der Waals surface area contributed by atoms with Crippen molar-refractivity contribution in [2.75, 3.05) is 11.4 Å². The van der Waals surface area contributed by atoms with E-state index in [-0.39, 0.29) is 35.3 Å². The molecule has 2 saturated heterocycles. The number of benzene rings is 2. The molecule has 3 fully saturated rings. The second-order valence-electron chi connectivity index (χ2n) is 10.9. The van der Waals surface area contributed by atoms with E-state index in [4.69, 9.17) is 0 Å². The van der Waals surface area contributed by atoms with Gasteiger partial charge in [-0.3, -0.25) is 24.1 Å². The summed E-state index contributed by atoms with van der Waals surface area (Å²) in [5, 5.41) is 10.3. The summed E-state index contributed by atoms with van der Waals surface area (Å²) < 4.78 is 0. The van der Waals surface area contributed by atoms with Gasteiger partial charge >= 0.3 is 0 Å². The number of carbonyl (C=O) groups is 4. The van der Waals surface area contributed by atoms with Crippen molar-refractivity contribution in [2.45, 2.75) is 39.0 Å². The molecule has 6 rings (SSSR count). The molecule has 2 aromatic rings. The van der Waals surface area contributed by atoms with Gasteiger partial charge < -0.3 is 5.11 Å². The normalized spacial score (nSPS) is 32.8. The summed E-state index contributed by atoms with van der Waals surface area (Å²) in [5.74, 6) is -3.21. The van der Waals surface area contributed by atoms with Crippen LogP contribution in [0, 0.1) is 29.1 Å². The average molecular weight is 499 g/mol. The molecular formula is C30H30N2O5. The number of nitrogens with zero attached hydrogens (tertiary/aromatic N) is 2. The maximum Gasteiger partial charge on any atom is 0.241 e. The minimum atomic E-state index is -1.09. The predicted octanol–water partition coefficient (Wildman–Crippen LogP) is 4.03. The third-order valence-corrected chi connectivity index (χ3v) is 9.03. The number of likely N-dealkylation sites (tertiary alicyclic amines) is 1. The minimum absolute atomic E-state index is 0.0759. The molecule has 2 aromatic carbocycles. The van der Waals surface area contributed by atoms with E-state index in [0.717, 1.165) is 11.1 Å². The maximum absolute atomic E-state index is 14.2. The minimum Gasteiger partial charge on any atom is -0.508 e. The highest BCUT2D eigenvalue weighted by atomic mass is 16.3. The molecule has 0 radical (unpaired) electrons. The van der Waals surface area contributed by atoms with Crippen LogP contribution in [0.2, 0.25) is 0 Å². The topological polar surface area (TPSA) is 95.0 Å². The number of hydrogen-bond acceptors (Lipinski definition) is 5. The lowest BCUT2D eigenvalue weighted by Gasteiger charge is -2.49. The van der Waals surface area contributed by atoms with Crippen molar-refractivity contribution in [3.05, 3.63) is 71.8 Å². The summed E-state index contributed by atoms with van der Waals surface area (Å²) in [6.07, 6.45) is 3.49. The Balaban J connectivity index is 1.51. The first-order valence-electron chi connectivity index (χ1n) is 13.1. The third-order valence-electron chi connectivity index (χ3n) is 9.03. The molecule has 7 heteroatoms. The van der Waals surface area contributed by atoms with Crippen molar-refractivity contribution in [3.63, 3.8) is 0 Å². The van der Waals surface area contributed by atoms with Crippen LogP contribution in [-0.2, 0) is 19.2 Å². The Morgan fingerprint density at radius 1 is 0.946 bits per heavy atom. The zero-order chi connectivity index (χ0) is 26.1. The predicted molar refractivity (Wildman–Crippen MR) is 136 cm³/mol. The lowest BCUT2D eigenvalue weighted by Crippen LogP contribution is -2.48. The van der Waals surface area contributed by atoms with Crippen LogP contribution in [0.5, 0.6) is 5.75 Å². The summed E-state index contributed by atoms with van der Waals surface area (Å²) in [6.45, 7) is 4.18. The highest BCUT2D eigenvalue weighted by molar-refractivity contribution is 6.24. The molecule has 1 saturated carbocycles.